The van der Waals surface area contributed by atoms with Crippen LogP contribution in [0.2, 0.25) is 0 Å². The summed E-state index contributed by atoms with van der Waals surface area (Å²) in [7, 11) is 1.52. The smallest absolute Gasteiger partial charge is 0.126 e. The Balaban J connectivity index is 2.95. The van der Waals surface area contributed by atoms with E-state index in [9.17, 15) is 4.39 Å². The van der Waals surface area contributed by atoms with E-state index in [1.54, 1.807) is 6.07 Å². The molecule has 0 bridgehead atoms. The van der Waals surface area contributed by atoms with Crippen LogP contribution in [-0.4, -0.2) is 7.11 Å². The quantitative estimate of drug-likeness (QED) is 0.805. The molecule has 0 amide bonds. The van der Waals surface area contributed by atoms with Gasteiger partial charge in [0.25, 0.3) is 0 Å². The molecule has 0 saturated carbocycles. The van der Waals surface area contributed by atoms with E-state index in [4.69, 9.17) is 10.5 Å². The monoisotopic (exact) mass is 197 g/mol. The van der Waals surface area contributed by atoms with E-state index < -0.39 is 0 Å². The lowest BCUT2D eigenvalue weighted by Gasteiger charge is -2.14. The zero-order chi connectivity index (χ0) is 10.6. The van der Waals surface area contributed by atoms with Crippen molar-refractivity contribution in [3.8, 4) is 5.75 Å². The molecule has 0 aromatic heterocycles. The van der Waals surface area contributed by atoms with Crippen LogP contribution in [0.25, 0.3) is 0 Å². The molecular formula is C11H16FNO. The van der Waals surface area contributed by atoms with Gasteiger partial charge in [0.1, 0.15) is 11.6 Å². The SMILES string of the molecule is CCCC(N)c1ccc(F)cc1OC. The second kappa shape index (κ2) is 4.96. The van der Waals surface area contributed by atoms with Gasteiger partial charge in [-0.05, 0) is 12.5 Å². The fourth-order valence-corrected chi connectivity index (χ4v) is 1.46. The van der Waals surface area contributed by atoms with Crippen LogP contribution in [0.5, 0.6) is 5.75 Å². The third kappa shape index (κ3) is 2.45. The Hall–Kier alpha value is -1.09. The number of ether oxygens (including phenoxy) is 1. The molecule has 78 valence electrons. The van der Waals surface area contributed by atoms with Crippen LogP contribution >= 0.6 is 0 Å². The van der Waals surface area contributed by atoms with Crippen molar-refractivity contribution < 1.29 is 9.13 Å². The molecule has 2 nitrogen and oxygen atoms in total. The average Bonchev–Trinajstić information content (AvgIpc) is 2.17. The highest BCUT2D eigenvalue weighted by Gasteiger charge is 2.11. The lowest BCUT2D eigenvalue weighted by atomic mass is 10.0. The minimum Gasteiger partial charge on any atom is -0.496 e. The van der Waals surface area contributed by atoms with E-state index >= 15 is 0 Å². The molecule has 0 radical (unpaired) electrons. The standard InChI is InChI=1S/C11H16FNO/c1-3-4-10(13)9-6-5-8(12)7-11(9)14-2/h5-7,10H,3-4,13H2,1-2H3. The Kier molecular flexibility index (Phi) is 3.89. The molecule has 2 N–H and O–H groups in total. The Morgan fingerprint density at radius 1 is 1.50 bits per heavy atom. The maximum Gasteiger partial charge on any atom is 0.126 e. The summed E-state index contributed by atoms with van der Waals surface area (Å²) < 4.78 is 17.9. The van der Waals surface area contributed by atoms with Gasteiger partial charge >= 0.3 is 0 Å². The van der Waals surface area contributed by atoms with Crippen molar-refractivity contribution in [2.24, 2.45) is 5.73 Å². The van der Waals surface area contributed by atoms with E-state index in [0.717, 1.165) is 18.4 Å². The van der Waals surface area contributed by atoms with Gasteiger partial charge in [-0.15, -0.1) is 0 Å². The largest absolute Gasteiger partial charge is 0.496 e. The van der Waals surface area contributed by atoms with Crippen molar-refractivity contribution in [3.05, 3.63) is 29.6 Å². The molecule has 14 heavy (non-hydrogen) atoms. The Bertz CT molecular complexity index is 301. The van der Waals surface area contributed by atoms with Gasteiger partial charge in [0.05, 0.1) is 7.11 Å². The number of hydrogen-bond acceptors (Lipinski definition) is 2. The highest BCUT2D eigenvalue weighted by atomic mass is 19.1. The Morgan fingerprint density at radius 2 is 2.21 bits per heavy atom. The van der Waals surface area contributed by atoms with Gasteiger partial charge in [-0.1, -0.05) is 19.4 Å². The van der Waals surface area contributed by atoms with Crippen molar-refractivity contribution in [1.29, 1.82) is 0 Å². The van der Waals surface area contributed by atoms with Crippen molar-refractivity contribution in [3.63, 3.8) is 0 Å². The van der Waals surface area contributed by atoms with Crippen LogP contribution in [0.4, 0.5) is 4.39 Å². The fourth-order valence-electron chi connectivity index (χ4n) is 1.46. The Morgan fingerprint density at radius 3 is 2.79 bits per heavy atom. The number of benzene rings is 1. The first-order chi connectivity index (χ1) is 6.69. The summed E-state index contributed by atoms with van der Waals surface area (Å²) in [4.78, 5) is 0. The maximum absolute atomic E-state index is 12.9. The molecular weight excluding hydrogens is 181 g/mol. The van der Waals surface area contributed by atoms with E-state index in [-0.39, 0.29) is 11.9 Å². The molecule has 0 aliphatic heterocycles. The van der Waals surface area contributed by atoms with Gasteiger partial charge in [-0.25, -0.2) is 4.39 Å². The van der Waals surface area contributed by atoms with Gasteiger partial charge in [0.15, 0.2) is 0 Å². The summed E-state index contributed by atoms with van der Waals surface area (Å²) >= 11 is 0. The molecule has 1 unspecified atom stereocenters. The highest BCUT2D eigenvalue weighted by Crippen LogP contribution is 2.26. The summed E-state index contributed by atoms with van der Waals surface area (Å²) in [6.45, 7) is 2.07. The van der Waals surface area contributed by atoms with E-state index in [2.05, 4.69) is 6.92 Å². The minimum atomic E-state index is -0.297. The lowest BCUT2D eigenvalue weighted by Crippen LogP contribution is -2.11. The first-order valence-electron chi connectivity index (χ1n) is 4.78. The summed E-state index contributed by atoms with van der Waals surface area (Å²) in [6.07, 6.45) is 1.88. The number of rotatable bonds is 4. The molecule has 0 saturated heterocycles. The summed E-state index contributed by atoms with van der Waals surface area (Å²) in [5, 5.41) is 0. The molecule has 0 fully saturated rings. The predicted molar refractivity (Wildman–Crippen MR) is 54.8 cm³/mol. The average molecular weight is 197 g/mol. The van der Waals surface area contributed by atoms with Gasteiger partial charge in [0, 0.05) is 17.7 Å². The first kappa shape index (κ1) is 11.0. The summed E-state index contributed by atoms with van der Waals surface area (Å²) in [6, 6.07) is 4.39. The number of nitrogens with two attached hydrogens (primary N) is 1. The molecule has 1 aromatic carbocycles. The molecule has 1 atom stereocenters. The van der Waals surface area contributed by atoms with Gasteiger partial charge in [-0.2, -0.15) is 0 Å². The van der Waals surface area contributed by atoms with E-state index in [0.29, 0.717) is 5.75 Å². The van der Waals surface area contributed by atoms with Crippen LogP contribution < -0.4 is 10.5 Å². The van der Waals surface area contributed by atoms with Crippen LogP contribution in [0.15, 0.2) is 18.2 Å². The summed E-state index contributed by atoms with van der Waals surface area (Å²) in [5.41, 5.74) is 6.80. The van der Waals surface area contributed by atoms with Crippen LogP contribution in [0.3, 0.4) is 0 Å². The van der Waals surface area contributed by atoms with Crippen molar-refractivity contribution in [1.82, 2.24) is 0 Å². The van der Waals surface area contributed by atoms with Gasteiger partial charge in [0.2, 0.25) is 0 Å². The molecule has 1 rings (SSSR count). The van der Waals surface area contributed by atoms with Gasteiger partial charge < -0.3 is 10.5 Å². The van der Waals surface area contributed by atoms with Crippen LogP contribution in [-0.2, 0) is 0 Å². The lowest BCUT2D eigenvalue weighted by molar-refractivity contribution is 0.400. The third-order valence-corrected chi connectivity index (χ3v) is 2.19. The number of hydrogen-bond donors (Lipinski definition) is 1. The number of methoxy groups -OCH3 is 1. The van der Waals surface area contributed by atoms with Crippen LogP contribution in [0.1, 0.15) is 31.4 Å². The zero-order valence-corrected chi connectivity index (χ0v) is 8.59. The summed E-state index contributed by atoms with van der Waals surface area (Å²) in [5.74, 6) is 0.236. The number of halogens is 1. The highest BCUT2D eigenvalue weighted by molar-refractivity contribution is 5.36. The topological polar surface area (TPSA) is 35.2 Å². The molecule has 1 aromatic rings. The second-order valence-electron chi connectivity index (χ2n) is 3.28. The van der Waals surface area contributed by atoms with Gasteiger partial charge in [-0.3, -0.25) is 0 Å². The molecule has 0 aliphatic rings. The minimum absolute atomic E-state index is 0.0736. The van der Waals surface area contributed by atoms with Crippen molar-refractivity contribution in [2.45, 2.75) is 25.8 Å². The molecule has 0 heterocycles. The molecule has 3 heteroatoms. The van der Waals surface area contributed by atoms with E-state index in [1.807, 2.05) is 0 Å². The predicted octanol–water partition coefficient (Wildman–Crippen LogP) is 2.63. The second-order valence-corrected chi connectivity index (χ2v) is 3.28. The third-order valence-electron chi connectivity index (χ3n) is 2.19. The zero-order valence-electron chi connectivity index (χ0n) is 8.59. The molecule has 0 aliphatic carbocycles. The fraction of sp³-hybridized carbons (Fsp3) is 0.455. The van der Waals surface area contributed by atoms with Crippen molar-refractivity contribution >= 4 is 0 Å². The van der Waals surface area contributed by atoms with Crippen LogP contribution in [0, 0.1) is 5.82 Å². The first-order valence-corrected chi connectivity index (χ1v) is 4.78. The Labute approximate surface area is 83.9 Å². The maximum atomic E-state index is 12.9. The van der Waals surface area contributed by atoms with Crippen molar-refractivity contribution in [2.75, 3.05) is 7.11 Å². The molecule has 0 spiro atoms. The van der Waals surface area contributed by atoms with E-state index in [1.165, 1.54) is 19.2 Å². The normalized spacial score (nSPS) is 12.6.